The maximum Gasteiger partial charge on any atom is 0.310 e. The van der Waals surface area contributed by atoms with Crippen LogP contribution in [0, 0.1) is 5.41 Å². The number of carboxylic acid groups (broad SMARTS) is 1. The lowest BCUT2D eigenvalue weighted by Gasteiger charge is -2.32. The van der Waals surface area contributed by atoms with E-state index < -0.39 is 11.4 Å². The number of amides is 1. The first-order valence-corrected chi connectivity index (χ1v) is 8.51. The molecule has 1 aliphatic rings. The van der Waals surface area contributed by atoms with E-state index in [9.17, 15) is 19.8 Å². The number of aliphatic carboxylic acids is 1. The summed E-state index contributed by atoms with van der Waals surface area (Å²) in [5.41, 5.74) is 0.239. The van der Waals surface area contributed by atoms with Crippen molar-refractivity contribution in [3.05, 3.63) is 23.8 Å². The van der Waals surface area contributed by atoms with Crippen molar-refractivity contribution < 1.29 is 19.8 Å². The van der Waals surface area contributed by atoms with Crippen molar-refractivity contribution in [2.45, 2.75) is 64.7 Å². The zero-order chi connectivity index (χ0) is 18.0. The molecule has 1 amide bonds. The Balaban J connectivity index is 2.16. The fraction of sp³-hybridized carbons (Fsp3) is 0.579. The molecule has 132 valence electrons. The van der Waals surface area contributed by atoms with Crippen LogP contribution in [0.4, 0.5) is 5.69 Å². The van der Waals surface area contributed by atoms with Gasteiger partial charge in [-0.1, -0.05) is 46.1 Å². The van der Waals surface area contributed by atoms with Crippen molar-refractivity contribution in [2.24, 2.45) is 5.41 Å². The summed E-state index contributed by atoms with van der Waals surface area (Å²) in [6.45, 7) is 6.14. The topological polar surface area (TPSA) is 86.6 Å². The molecule has 1 saturated carbocycles. The van der Waals surface area contributed by atoms with E-state index in [-0.39, 0.29) is 23.5 Å². The van der Waals surface area contributed by atoms with Crippen LogP contribution in [0.3, 0.4) is 0 Å². The van der Waals surface area contributed by atoms with Crippen LogP contribution in [0.5, 0.6) is 5.75 Å². The molecule has 1 fully saturated rings. The smallest absolute Gasteiger partial charge is 0.310 e. The third-order valence-electron chi connectivity index (χ3n) is 4.90. The van der Waals surface area contributed by atoms with Crippen LogP contribution < -0.4 is 5.32 Å². The average molecular weight is 333 g/mol. The maximum atomic E-state index is 12.4. The number of phenolic OH excluding ortho intramolecular Hbond substituents is 1. The van der Waals surface area contributed by atoms with Gasteiger partial charge in [0.2, 0.25) is 5.91 Å². The zero-order valence-corrected chi connectivity index (χ0v) is 14.7. The molecule has 0 radical (unpaired) electrons. The Morgan fingerprint density at radius 2 is 1.79 bits per heavy atom. The number of hydrogen-bond donors (Lipinski definition) is 3. The second kappa shape index (κ2) is 6.83. The summed E-state index contributed by atoms with van der Waals surface area (Å²) in [5, 5.41) is 22.3. The molecule has 0 atom stereocenters. The molecule has 5 nitrogen and oxygen atoms in total. The van der Waals surface area contributed by atoms with Gasteiger partial charge in [-0.15, -0.1) is 0 Å². The van der Waals surface area contributed by atoms with Gasteiger partial charge in [-0.3, -0.25) is 9.59 Å². The van der Waals surface area contributed by atoms with Gasteiger partial charge in [0.25, 0.3) is 0 Å². The highest BCUT2D eigenvalue weighted by Gasteiger charge is 2.41. The average Bonchev–Trinajstić information content (AvgIpc) is 2.49. The van der Waals surface area contributed by atoms with E-state index in [4.69, 9.17) is 0 Å². The maximum absolute atomic E-state index is 12.4. The Kier molecular flexibility index (Phi) is 5.21. The van der Waals surface area contributed by atoms with E-state index in [0.717, 1.165) is 24.8 Å². The highest BCUT2D eigenvalue weighted by atomic mass is 16.4. The summed E-state index contributed by atoms with van der Waals surface area (Å²) in [6.07, 6.45) is 3.70. The molecule has 0 aliphatic heterocycles. The first-order valence-electron chi connectivity index (χ1n) is 8.51. The van der Waals surface area contributed by atoms with Gasteiger partial charge in [0.1, 0.15) is 5.75 Å². The molecular formula is C19H27NO4. The van der Waals surface area contributed by atoms with Crippen LogP contribution in [0.15, 0.2) is 18.2 Å². The fourth-order valence-corrected chi connectivity index (χ4v) is 3.30. The van der Waals surface area contributed by atoms with Crippen molar-refractivity contribution in [2.75, 3.05) is 5.32 Å². The minimum atomic E-state index is -0.973. The number of rotatable bonds is 4. The molecule has 0 aromatic heterocycles. The first-order chi connectivity index (χ1) is 11.1. The molecule has 0 spiro atoms. The van der Waals surface area contributed by atoms with Crippen LogP contribution in [-0.4, -0.2) is 22.1 Å². The summed E-state index contributed by atoms with van der Waals surface area (Å²) in [7, 11) is 0. The Labute approximate surface area is 143 Å². The second-order valence-electron chi connectivity index (χ2n) is 7.85. The lowest BCUT2D eigenvalue weighted by Crippen LogP contribution is -2.37. The van der Waals surface area contributed by atoms with Crippen molar-refractivity contribution in [1.29, 1.82) is 0 Å². The summed E-state index contributed by atoms with van der Waals surface area (Å²) in [6, 6.07) is 5.14. The molecule has 24 heavy (non-hydrogen) atoms. The second-order valence-corrected chi connectivity index (χ2v) is 7.85. The van der Waals surface area contributed by atoms with Gasteiger partial charge in [0, 0.05) is 6.42 Å². The molecule has 0 heterocycles. The standard InChI is InChI=1S/C19H27NO4/c1-18(2,3)13-7-8-15(21)14(11-13)20-16(22)12-19(17(23)24)9-5-4-6-10-19/h7-8,11,21H,4-6,9-10,12H2,1-3H3,(H,20,22)(H,23,24). The minimum absolute atomic E-state index is 0.00984. The van der Waals surface area contributed by atoms with Gasteiger partial charge in [-0.05, 0) is 36.0 Å². The van der Waals surface area contributed by atoms with Crippen molar-refractivity contribution in [1.82, 2.24) is 0 Å². The number of carbonyl (C=O) groups excluding carboxylic acids is 1. The molecule has 1 aromatic rings. The van der Waals surface area contributed by atoms with E-state index in [1.54, 1.807) is 12.1 Å². The van der Waals surface area contributed by atoms with Crippen LogP contribution in [-0.2, 0) is 15.0 Å². The Morgan fingerprint density at radius 1 is 1.17 bits per heavy atom. The van der Waals surface area contributed by atoms with Gasteiger partial charge in [-0.2, -0.15) is 0 Å². The highest BCUT2D eigenvalue weighted by molar-refractivity contribution is 5.95. The van der Waals surface area contributed by atoms with Gasteiger partial charge in [0.05, 0.1) is 11.1 Å². The number of hydrogen-bond acceptors (Lipinski definition) is 3. The van der Waals surface area contributed by atoms with E-state index in [1.807, 2.05) is 26.8 Å². The lowest BCUT2D eigenvalue weighted by molar-refractivity contribution is -0.153. The van der Waals surface area contributed by atoms with Crippen molar-refractivity contribution in [3.63, 3.8) is 0 Å². The molecule has 0 saturated heterocycles. The van der Waals surface area contributed by atoms with E-state index >= 15 is 0 Å². The number of anilines is 1. The number of carboxylic acids is 1. The highest BCUT2D eigenvalue weighted by Crippen LogP contribution is 2.40. The molecule has 1 aromatic carbocycles. The van der Waals surface area contributed by atoms with Crippen molar-refractivity contribution >= 4 is 17.6 Å². The summed E-state index contributed by atoms with van der Waals surface area (Å²) < 4.78 is 0. The third kappa shape index (κ3) is 4.08. The minimum Gasteiger partial charge on any atom is -0.506 e. The van der Waals surface area contributed by atoms with E-state index in [2.05, 4.69) is 5.32 Å². The Hall–Kier alpha value is -2.04. The summed E-state index contributed by atoms with van der Waals surface area (Å²) >= 11 is 0. The van der Waals surface area contributed by atoms with E-state index in [0.29, 0.717) is 18.5 Å². The molecule has 3 N–H and O–H groups in total. The zero-order valence-electron chi connectivity index (χ0n) is 14.7. The largest absolute Gasteiger partial charge is 0.506 e. The summed E-state index contributed by atoms with van der Waals surface area (Å²) in [5.74, 6) is -1.27. The number of benzene rings is 1. The number of phenols is 1. The molecule has 5 heteroatoms. The number of carbonyl (C=O) groups is 2. The first kappa shape index (κ1) is 18.3. The Bertz CT molecular complexity index is 625. The van der Waals surface area contributed by atoms with Crippen LogP contribution in [0.1, 0.15) is 64.9 Å². The van der Waals surface area contributed by atoms with Gasteiger partial charge in [0.15, 0.2) is 0 Å². The molecular weight excluding hydrogens is 306 g/mol. The quantitative estimate of drug-likeness (QED) is 0.725. The summed E-state index contributed by atoms with van der Waals surface area (Å²) in [4.78, 5) is 24.1. The molecule has 0 unspecified atom stereocenters. The third-order valence-corrected chi connectivity index (χ3v) is 4.90. The monoisotopic (exact) mass is 333 g/mol. The van der Waals surface area contributed by atoms with Gasteiger partial charge in [-0.25, -0.2) is 0 Å². The fourth-order valence-electron chi connectivity index (χ4n) is 3.30. The normalized spacial score (nSPS) is 17.3. The van der Waals surface area contributed by atoms with E-state index in [1.165, 1.54) is 0 Å². The van der Waals surface area contributed by atoms with Crippen molar-refractivity contribution in [3.8, 4) is 5.75 Å². The molecule has 2 rings (SSSR count). The van der Waals surface area contributed by atoms with Crippen LogP contribution in [0.25, 0.3) is 0 Å². The number of aromatic hydroxyl groups is 1. The van der Waals surface area contributed by atoms with Gasteiger partial charge >= 0.3 is 5.97 Å². The Morgan fingerprint density at radius 3 is 2.33 bits per heavy atom. The predicted molar refractivity (Wildman–Crippen MR) is 93.2 cm³/mol. The van der Waals surface area contributed by atoms with Crippen LogP contribution >= 0.6 is 0 Å². The molecule has 1 aliphatic carbocycles. The molecule has 0 bridgehead atoms. The lowest BCUT2D eigenvalue weighted by atomic mass is 9.71. The SMILES string of the molecule is CC(C)(C)c1ccc(O)c(NC(=O)CC2(C(=O)O)CCCCC2)c1. The van der Waals surface area contributed by atoms with Gasteiger partial charge < -0.3 is 15.5 Å². The van der Waals surface area contributed by atoms with Crippen LogP contribution in [0.2, 0.25) is 0 Å². The predicted octanol–water partition coefficient (Wildman–Crippen LogP) is 4.05. The number of nitrogens with one attached hydrogen (secondary N) is 1.